The van der Waals surface area contributed by atoms with Crippen LogP contribution in [0.25, 0.3) is 10.9 Å². The fourth-order valence-electron chi connectivity index (χ4n) is 1.67. The SMILES string of the molecule is CCc1cc(Br)cc2cc(C=O)c(Cl)nc12. The van der Waals surface area contributed by atoms with Crippen molar-refractivity contribution < 1.29 is 4.79 Å². The molecule has 4 heteroatoms. The molecular weight excluding hydrogens is 289 g/mol. The molecule has 0 spiro atoms. The Bertz CT molecular complexity index is 568. The summed E-state index contributed by atoms with van der Waals surface area (Å²) in [5.74, 6) is 0. The van der Waals surface area contributed by atoms with E-state index in [0.717, 1.165) is 33.6 Å². The average molecular weight is 299 g/mol. The molecule has 0 N–H and O–H groups in total. The zero-order valence-corrected chi connectivity index (χ0v) is 11.0. The summed E-state index contributed by atoms with van der Waals surface area (Å²) in [7, 11) is 0. The van der Waals surface area contributed by atoms with Gasteiger partial charge in [-0.15, -0.1) is 0 Å². The molecule has 0 aliphatic heterocycles. The molecular formula is C12H9BrClNO. The third-order valence-corrected chi connectivity index (χ3v) is 3.21. The number of carbonyl (C=O) groups excluding carboxylic acids is 1. The molecule has 0 atom stereocenters. The summed E-state index contributed by atoms with van der Waals surface area (Å²) in [5.41, 5.74) is 2.40. The van der Waals surface area contributed by atoms with Crippen LogP contribution >= 0.6 is 27.5 Å². The number of aryl methyl sites for hydroxylation is 1. The summed E-state index contributed by atoms with van der Waals surface area (Å²) < 4.78 is 0.984. The fraction of sp³-hybridized carbons (Fsp3) is 0.167. The number of benzene rings is 1. The molecule has 0 saturated heterocycles. The second kappa shape index (κ2) is 4.52. The molecule has 1 heterocycles. The summed E-state index contributed by atoms with van der Waals surface area (Å²) in [4.78, 5) is 15.0. The Morgan fingerprint density at radius 1 is 1.44 bits per heavy atom. The number of aromatic nitrogens is 1. The van der Waals surface area contributed by atoms with E-state index in [2.05, 4.69) is 27.8 Å². The lowest BCUT2D eigenvalue weighted by molar-refractivity contribution is 0.112. The van der Waals surface area contributed by atoms with Gasteiger partial charge in [0, 0.05) is 9.86 Å². The third kappa shape index (κ3) is 1.97. The summed E-state index contributed by atoms with van der Waals surface area (Å²) in [5, 5.41) is 1.19. The number of nitrogens with zero attached hydrogens (tertiary/aromatic N) is 1. The minimum absolute atomic E-state index is 0.263. The van der Waals surface area contributed by atoms with Gasteiger partial charge in [0.05, 0.1) is 11.1 Å². The van der Waals surface area contributed by atoms with Crippen LogP contribution in [-0.4, -0.2) is 11.3 Å². The first-order chi connectivity index (χ1) is 7.65. The Labute approximate surface area is 107 Å². The van der Waals surface area contributed by atoms with Gasteiger partial charge in [-0.2, -0.15) is 0 Å². The van der Waals surface area contributed by atoms with Gasteiger partial charge in [0.15, 0.2) is 6.29 Å². The van der Waals surface area contributed by atoms with Gasteiger partial charge in [-0.25, -0.2) is 4.98 Å². The van der Waals surface area contributed by atoms with Crippen molar-refractivity contribution in [1.82, 2.24) is 4.98 Å². The van der Waals surface area contributed by atoms with E-state index in [0.29, 0.717) is 5.56 Å². The van der Waals surface area contributed by atoms with Gasteiger partial charge in [0.2, 0.25) is 0 Å². The molecule has 0 aliphatic rings. The molecule has 82 valence electrons. The van der Waals surface area contributed by atoms with Crippen molar-refractivity contribution in [2.75, 3.05) is 0 Å². The van der Waals surface area contributed by atoms with Crippen LogP contribution in [0.3, 0.4) is 0 Å². The van der Waals surface area contributed by atoms with Crippen LogP contribution in [0.4, 0.5) is 0 Å². The standard InChI is InChI=1S/C12H9BrClNO/c1-2-7-4-10(13)5-8-3-9(6-16)12(14)15-11(7)8/h3-6H,2H2,1H3. The lowest BCUT2D eigenvalue weighted by Crippen LogP contribution is -1.92. The highest BCUT2D eigenvalue weighted by Crippen LogP contribution is 2.26. The number of aldehydes is 1. The Hall–Kier alpha value is -0.930. The van der Waals surface area contributed by atoms with Gasteiger partial charge in [0.25, 0.3) is 0 Å². The normalized spacial score (nSPS) is 10.7. The molecule has 2 aromatic rings. The minimum Gasteiger partial charge on any atom is -0.298 e. The van der Waals surface area contributed by atoms with Crippen molar-refractivity contribution >= 4 is 44.7 Å². The molecule has 0 fully saturated rings. The third-order valence-electron chi connectivity index (χ3n) is 2.45. The predicted octanol–water partition coefficient (Wildman–Crippen LogP) is 4.03. The number of hydrogen-bond acceptors (Lipinski definition) is 2. The zero-order valence-electron chi connectivity index (χ0n) is 8.63. The number of fused-ring (bicyclic) bond motifs is 1. The summed E-state index contributed by atoms with van der Waals surface area (Å²) >= 11 is 9.36. The quantitative estimate of drug-likeness (QED) is 0.619. The lowest BCUT2D eigenvalue weighted by Gasteiger charge is -2.06. The van der Waals surface area contributed by atoms with Crippen molar-refractivity contribution in [2.45, 2.75) is 13.3 Å². The minimum atomic E-state index is 0.263. The van der Waals surface area contributed by atoms with E-state index >= 15 is 0 Å². The first kappa shape index (κ1) is 11.6. The Morgan fingerprint density at radius 3 is 2.81 bits per heavy atom. The number of carbonyl (C=O) groups is 1. The first-order valence-corrected chi connectivity index (χ1v) is 6.06. The Balaban J connectivity index is 2.84. The highest BCUT2D eigenvalue weighted by molar-refractivity contribution is 9.10. The van der Waals surface area contributed by atoms with Crippen molar-refractivity contribution in [2.24, 2.45) is 0 Å². The number of pyridine rings is 1. The molecule has 0 unspecified atom stereocenters. The van der Waals surface area contributed by atoms with E-state index in [1.807, 2.05) is 12.1 Å². The van der Waals surface area contributed by atoms with Crippen LogP contribution in [0.15, 0.2) is 22.7 Å². The zero-order chi connectivity index (χ0) is 11.7. The second-order valence-corrected chi connectivity index (χ2v) is 4.75. The van der Waals surface area contributed by atoms with Crippen molar-refractivity contribution in [1.29, 1.82) is 0 Å². The fourth-order valence-corrected chi connectivity index (χ4v) is 2.37. The Morgan fingerprint density at radius 2 is 2.19 bits per heavy atom. The molecule has 2 nitrogen and oxygen atoms in total. The molecule has 1 aromatic carbocycles. The molecule has 16 heavy (non-hydrogen) atoms. The molecule has 0 saturated carbocycles. The van der Waals surface area contributed by atoms with Crippen molar-refractivity contribution in [3.63, 3.8) is 0 Å². The van der Waals surface area contributed by atoms with Crippen LogP contribution in [0.1, 0.15) is 22.8 Å². The van der Waals surface area contributed by atoms with Gasteiger partial charge in [0.1, 0.15) is 5.15 Å². The van der Waals surface area contributed by atoms with Crippen LogP contribution in [-0.2, 0) is 6.42 Å². The molecule has 0 amide bonds. The molecule has 0 aliphatic carbocycles. The molecule has 0 bridgehead atoms. The van der Waals surface area contributed by atoms with E-state index in [9.17, 15) is 4.79 Å². The Kier molecular flexibility index (Phi) is 3.26. The number of hydrogen-bond donors (Lipinski definition) is 0. The van der Waals surface area contributed by atoms with E-state index in [-0.39, 0.29) is 5.15 Å². The van der Waals surface area contributed by atoms with Gasteiger partial charge >= 0.3 is 0 Å². The smallest absolute Gasteiger partial charge is 0.153 e. The highest BCUT2D eigenvalue weighted by Gasteiger charge is 2.08. The first-order valence-electron chi connectivity index (χ1n) is 4.89. The largest absolute Gasteiger partial charge is 0.298 e. The molecule has 1 aromatic heterocycles. The van der Waals surface area contributed by atoms with Crippen molar-refractivity contribution in [3.05, 3.63) is 39.0 Å². The topological polar surface area (TPSA) is 30.0 Å². The van der Waals surface area contributed by atoms with E-state index in [1.54, 1.807) is 6.07 Å². The lowest BCUT2D eigenvalue weighted by atomic mass is 10.1. The summed E-state index contributed by atoms with van der Waals surface area (Å²) in [6, 6.07) is 5.72. The van der Waals surface area contributed by atoms with E-state index in [1.165, 1.54) is 0 Å². The van der Waals surface area contributed by atoms with Crippen LogP contribution in [0.2, 0.25) is 5.15 Å². The van der Waals surface area contributed by atoms with Gasteiger partial charge < -0.3 is 0 Å². The van der Waals surface area contributed by atoms with Crippen LogP contribution < -0.4 is 0 Å². The van der Waals surface area contributed by atoms with Gasteiger partial charge in [-0.3, -0.25) is 4.79 Å². The van der Waals surface area contributed by atoms with E-state index < -0.39 is 0 Å². The van der Waals surface area contributed by atoms with Crippen LogP contribution in [0.5, 0.6) is 0 Å². The maximum atomic E-state index is 10.8. The van der Waals surface area contributed by atoms with Crippen molar-refractivity contribution in [3.8, 4) is 0 Å². The van der Waals surface area contributed by atoms with E-state index in [4.69, 9.17) is 11.6 Å². The van der Waals surface area contributed by atoms with Crippen LogP contribution in [0, 0.1) is 0 Å². The molecule has 2 rings (SSSR count). The maximum Gasteiger partial charge on any atom is 0.153 e. The summed E-state index contributed by atoms with van der Waals surface area (Å²) in [6.07, 6.45) is 1.60. The predicted molar refractivity (Wildman–Crippen MR) is 69.2 cm³/mol. The molecule has 0 radical (unpaired) electrons. The monoisotopic (exact) mass is 297 g/mol. The number of rotatable bonds is 2. The average Bonchev–Trinajstić information content (AvgIpc) is 2.28. The number of halogens is 2. The van der Waals surface area contributed by atoms with Gasteiger partial charge in [-0.1, -0.05) is 34.5 Å². The maximum absolute atomic E-state index is 10.8. The van der Waals surface area contributed by atoms with Gasteiger partial charge in [-0.05, 0) is 30.2 Å². The highest BCUT2D eigenvalue weighted by atomic mass is 79.9. The summed E-state index contributed by atoms with van der Waals surface area (Å²) in [6.45, 7) is 2.06. The second-order valence-electron chi connectivity index (χ2n) is 3.48.